The Morgan fingerprint density at radius 2 is 0.885 bits per heavy atom. The summed E-state index contributed by atoms with van der Waals surface area (Å²) in [6.07, 6.45) is 2.21. The van der Waals surface area contributed by atoms with E-state index >= 15 is 0 Å². The summed E-state index contributed by atoms with van der Waals surface area (Å²) in [5, 5.41) is 5.84. The molecule has 0 amide bonds. The van der Waals surface area contributed by atoms with Crippen LogP contribution < -0.4 is 56.4 Å². The van der Waals surface area contributed by atoms with Gasteiger partial charge in [-0.15, -0.1) is 0 Å². The van der Waals surface area contributed by atoms with Gasteiger partial charge in [0.25, 0.3) is 6.71 Å². The highest BCUT2D eigenvalue weighted by molar-refractivity contribution is 7.03. The smallest absolute Gasteiger partial charge is 0.260 e. The van der Waals surface area contributed by atoms with Gasteiger partial charge in [-0.25, -0.2) is 0 Å². The SMILES string of the molecule is CC1(C)CCC(C)(C)c2c1cc1c3c2Oc2ccc(N4c5ccccc5[Si](C)(C)c5ccccc54)cc2B3c2cc(N3c4ccccc4[Si](C)(C)c4ccccc43)ccc2O1. The van der Waals surface area contributed by atoms with E-state index in [9.17, 15) is 0 Å². The highest BCUT2D eigenvalue weighted by Crippen LogP contribution is 2.53. The fraction of sp³-hybridized carbons (Fsp3) is 0.222. The maximum Gasteiger partial charge on any atom is 0.260 e. The third kappa shape index (κ3) is 5.05. The number of rotatable bonds is 2. The van der Waals surface area contributed by atoms with Crippen molar-refractivity contribution >= 4 is 94.1 Å². The molecule has 7 heteroatoms. The Labute approximate surface area is 362 Å². The lowest BCUT2D eigenvalue weighted by Gasteiger charge is -2.46. The highest BCUT2D eigenvalue weighted by Gasteiger charge is 2.49. The average molecular weight is 827 g/mol. The summed E-state index contributed by atoms with van der Waals surface area (Å²) in [5.41, 5.74) is 13.5. The first-order chi connectivity index (χ1) is 29.3. The summed E-state index contributed by atoms with van der Waals surface area (Å²) in [6, 6.07) is 52.6. The van der Waals surface area contributed by atoms with Crippen LogP contribution in [0.5, 0.6) is 23.0 Å². The first-order valence-corrected chi connectivity index (χ1v) is 28.1. The molecule has 0 bridgehead atoms. The van der Waals surface area contributed by atoms with E-state index in [-0.39, 0.29) is 17.5 Å². The molecule has 0 N–H and O–H groups in total. The monoisotopic (exact) mass is 826 g/mol. The number of nitrogens with zero attached hydrogens (tertiary/aromatic N) is 2. The Hall–Kier alpha value is -5.76. The normalized spacial score (nSPS) is 18.4. The third-order valence-electron chi connectivity index (χ3n) is 15.2. The van der Waals surface area contributed by atoms with Gasteiger partial charge in [-0.05, 0) is 128 Å². The minimum absolute atomic E-state index is 0.00879. The van der Waals surface area contributed by atoms with Crippen LogP contribution in [0.1, 0.15) is 51.7 Å². The van der Waals surface area contributed by atoms with E-state index in [2.05, 4.69) is 203 Å². The van der Waals surface area contributed by atoms with E-state index in [1.165, 1.54) is 65.5 Å². The summed E-state index contributed by atoms with van der Waals surface area (Å²) in [6.45, 7) is 19.4. The average Bonchev–Trinajstić information content (AvgIpc) is 3.25. The lowest BCUT2D eigenvalue weighted by molar-refractivity contribution is 0.318. The van der Waals surface area contributed by atoms with Gasteiger partial charge >= 0.3 is 0 Å². The van der Waals surface area contributed by atoms with E-state index in [1.807, 2.05) is 0 Å². The summed E-state index contributed by atoms with van der Waals surface area (Å²) in [5.74, 6) is 3.75. The summed E-state index contributed by atoms with van der Waals surface area (Å²) in [4.78, 5) is 5.00. The lowest BCUT2D eigenvalue weighted by atomic mass is 9.34. The molecule has 7 aromatic carbocycles. The fourth-order valence-corrected chi connectivity index (χ4v) is 17.8. The molecule has 0 spiro atoms. The predicted molar refractivity (Wildman–Crippen MR) is 262 cm³/mol. The molecule has 4 heterocycles. The van der Waals surface area contributed by atoms with Gasteiger partial charge in [0.1, 0.15) is 39.1 Å². The number of hydrogen-bond acceptors (Lipinski definition) is 4. The molecule has 7 aromatic rings. The van der Waals surface area contributed by atoms with Gasteiger partial charge < -0.3 is 19.3 Å². The number of benzene rings is 7. The van der Waals surface area contributed by atoms with Gasteiger partial charge in [0.2, 0.25) is 0 Å². The molecule has 61 heavy (non-hydrogen) atoms. The van der Waals surface area contributed by atoms with Crippen LogP contribution in [-0.4, -0.2) is 22.9 Å². The van der Waals surface area contributed by atoms with E-state index in [1.54, 1.807) is 0 Å². The van der Waals surface area contributed by atoms with Crippen molar-refractivity contribution in [3.63, 3.8) is 0 Å². The van der Waals surface area contributed by atoms with Crippen LogP contribution in [0.2, 0.25) is 26.2 Å². The van der Waals surface area contributed by atoms with E-state index in [0.29, 0.717) is 0 Å². The number of anilines is 6. The Morgan fingerprint density at radius 1 is 0.475 bits per heavy atom. The van der Waals surface area contributed by atoms with E-state index in [0.717, 1.165) is 52.7 Å². The van der Waals surface area contributed by atoms with Crippen LogP contribution >= 0.6 is 0 Å². The minimum atomic E-state index is -1.96. The second-order valence-corrected chi connectivity index (χ2v) is 29.0. The molecule has 0 aromatic heterocycles. The molecule has 1 aliphatic carbocycles. The second-order valence-electron chi connectivity index (χ2n) is 20.4. The Kier molecular flexibility index (Phi) is 7.54. The van der Waals surface area contributed by atoms with Crippen molar-refractivity contribution in [2.45, 2.75) is 77.6 Å². The number of ether oxygens (including phenoxy) is 2. The fourth-order valence-electron chi connectivity index (χ4n) is 11.8. The maximum atomic E-state index is 7.35. The largest absolute Gasteiger partial charge is 0.458 e. The molecule has 0 radical (unpaired) electrons. The highest BCUT2D eigenvalue weighted by atomic mass is 28.3. The van der Waals surface area contributed by atoms with Crippen molar-refractivity contribution in [3.05, 3.63) is 151 Å². The quantitative estimate of drug-likeness (QED) is 0.162. The molecule has 0 atom stereocenters. The zero-order chi connectivity index (χ0) is 41.8. The van der Waals surface area contributed by atoms with Crippen molar-refractivity contribution in [2.75, 3.05) is 9.80 Å². The summed E-state index contributed by atoms with van der Waals surface area (Å²) < 4.78 is 14.5. The molecule has 0 saturated carbocycles. The van der Waals surface area contributed by atoms with E-state index in [4.69, 9.17) is 9.47 Å². The van der Waals surface area contributed by atoms with Gasteiger partial charge in [0, 0.05) is 45.2 Å². The molecular formula is C54H51BN2O2Si2. The van der Waals surface area contributed by atoms with Crippen molar-refractivity contribution in [3.8, 4) is 23.0 Å². The lowest BCUT2D eigenvalue weighted by Crippen LogP contribution is -2.59. The predicted octanol–water partition coefficient (Wildman–Crippen LogP) is 9.97. The molecular weight excluding hydrogens is 776 g/mol. The van der Waals surface area contributed by atoms with Gasteiger partial charge in [0.05, 0.1) is 0 Å². The number of para-hydroxylation sites is 4. The second kappa shape index (κ2) is 12.4. The van der Waals surface area contributed by atoms with Crippen LogP contribution in [0.4, 0.5) is 34.1 Å². The number of hydrogen-bond donors (Lipinski definition) is 0. The third-order valence-corrected chi connectivity index (χ3v) is 22.3. The van der Waals surface area contributed by atoms with Crippen LogP contribution in [0.15, 0.2) is 140 Å². The Balaban J connectivity index is 1.11. The number of fused-ring (bicyclic) bond motifs is 10. The molecule has 4 nitrogen and oxygen atoms in total. The van der Waals surface area contributed by atoms with Crippen LogP contribution in [0.25, 0.3) is 0 Å². The molecule has 300 valence electrons. The summed E-state index contributed by atoms with van der Waals surface area (Å²) >= 11 is 0. The van der Waals surface area contributed by atoms with Gasteiger partial charge in [-0.1, -0.05) is 127 Å². The first-order valence-electron chi connectivity index (χ1n) is 22.1. The standard InChI is InChI=1S/C54H51BN2O2Si2/c1-53(2)29-30-54(3,4)50-36(53)33-45-51-52(50)59-44-28-26-35(57-41-19-11-15-23-48(41)61(7,8)49-24-16-12-20-42(49)57)32-38(44)55(51)37-31-34(25-27-43(37)58-45)56-39-17-9-13-21-46(39)60(5,6)47-22-14-10-18-40(47)56/h9-28,31-33H,29-30H2,1-8H3. The van der Waals surface area contributed by atoms with Crippen molar-refractivity contribution in [2.24, 2.45) is 0 Å². The molecule has 0 saturated heterocycles. The van der Waals surface area contributed by atoms with Crippen LogP contribution in [0.3, 0.4) is 0 Å². The molecule has 5 aliphatic rings. The Bertz CT molecular complexity index is 2820. The van der Waals surface area contributed by atoms with Crippen molar-refractivity contribution in [1.82, 2.24) is 0 Å². The van der Waals surface area contributed by atoms with Gasteiger partial charge in [-0.3, -0.25) is 0 Å². The molecule has 4 aliphatic heterocycles. The Morgan fingerprint density at radius 3 is 1.34 bits per heavy atom. The van der Waals surface area contributed by atoms with E-state index < -0.39 is 16.1 Å². The zero-order valence-corrected chi connectivity index (χ0v) is 38.5. The molecule has 0 fully saturated rings. The zero-order valence-electron chi connectivity index (χ0n) is 36.5. The van der Waals surface area contributed by atoms with Crippen LogP contribution in [0, 0.1) is 0 Å². The summed E-state index contributed by atoms with van der Waals surface area (Å²) in [7, 11) is -3.91. The maximum absolute atomic E-state index is 7.35. The molecule has 0 unspecified atom stereocenters. The molecule has 12 rings (SSSR count). The van der Waals surface area contributed by atoms with Gasteiger partial charge in [-0.2, -0.15) is 0 Å². The van der Waals surface area contributed by atoms with Crippen LogP contribution in [-0.2, 0) is 10.8 Å². The minimum Gasteiger partial charge on any atom is -0.458 e. The van der Waals surface area contributed by atoms with Crippen molar-refractivity contribution in [1.29, 1.82) is 0 Å². The topological polar surface area (TPSA) is 24.9 Å². The van der Waals surface area contributed by atoms with Gasteiger partial charge in [0.15, 0.2) is 0 Å². The van der Waals surface area contributed by atoms with Crippen molar-refractivity contribution < 1.29 is 9.47 Å². The first kappa shape index (κ1) is 37.0.